The van der Waals surface area contributed by atoms with E-state index in [-0.39, 0.29) is 5.56 Å². The average molecular weight is 272 g/mol. The number of ether oxygens (including phenoxy) is 1. The number of aromatic amines is 1. The number of rotatable bonds is 2. The van der Waals surface area contributed by atoms with Crippen LogP contribution >= 0.6 is 11.6 Å². The highest BCUT2D eigenvalue weighted by Crippen LogP contribution is 2.29. The van der Waals surface area contributed by atoms with Gasteiger partial charge >= 0.3 is 0 Å². The zero-order chi connectivity index (χ0) is 13.2. The van der Waals surface area contributed by atoms with E-state index in [0.717, 1.165) is 10.9 Å². The summed E-state index contributed by atoms with van der Waals surface area (Å²) in [4.78, 5) is 14.0. The number of fused-ring (bicyclic) bond motifs is 1. The summed E-state index contributed by atoms with van der Waals surface area (Å²) >= 11 is 6.04. The van der Waals surface area contributed by atoms with Gasteiger partial charge in [0.2, 0.25) is 5.56 Å². The first-order valence-corrected chi connectivity index (χ1v) is 6.16. The number of nitrogens with one attached hydrogen (secondary N) is 1. The number of para-hydroxylation sites is 1. The van der Waals surface area contributed by atoms with Crippen LogP contribution in [0.25, 0.3) is 10.9 Å². The van der Waals surface area contributed by atoms with Crippen molar-refractivity contribution in [2.24, 2.45) is 0 Å². The Morgan fingerprint density at radius 3 is 2.68 bits per heavy atom. The molecule has 0 bridgehead atoms. The van der Waals surface area contributed by atoms with Gasteiger partial charge in [0.05, 0.1) is 5.02 Å². The van der Waals surface area contributed by atoms with E-state index >= 15 is 0 Å². The van der Waals surface area contributed by atoms with Gasteiger partial charge in [-0.2, -0.15) is 0 Å². The van der Waals surface area contributed by atoms with Gasteiger partial charge in [-0.25, -0.2) is 0 Å². The van der Waals surface area contributed by atoms with Crippen LogP contribution in [-0.4, -0.2) is 4.98 Å². The maximum atomic E-state index is 11.2. The minimum absolute atomic E-state index is 0.118. The molecule has 0 radical (unpaired) electrons. The highest BCUT2D eigenvalue weighted by Gasteiger charge is 2.03. The van der Waals surface area contributed by atoms with E-state index < -0.39 is 0 Å². The molecular formula is C15H10ClNO2. The maximum Gasteiger partial charge on any atom is 0.248 e. The average Bonchev–Trinajstić information content (AvgIpc) is 2.41. The van der Waals surface area contributed by atoms with Crippen molar-refractivity contribution in [1.82, 2.24) is 4.98 Å². The lowest BCUT2D eigenvalue weighted by atomic mass is 10.2. The van der Waals surface area contributed by atoms with E-state index in [2.05, 4.69) is 4.98 Å². The second-order valence-electron chi connectivity index (χ2n) is 4.10. The SMILES string of the molecule is O=c1ccc2cc(Oc3ccccc3Cl)ccc2[nH]1. The highest BCUT2D eigenvalue weighted by molar-refractivity contribution is 6.32. The van der Waals surface area contributed by atoms with Crippen molar-refractivity contribution in [3.05, 3.63) is 70.0 Å². The zero-order valence-corrected chi connectivity index (χ0v) is 10.6. The van der Waals surface area contributed by atoms with Crippen molar-refractivity contribution in [3.63, 3.8) is 0 Å². The topological polar surface area (TPSA) is 42.1 Å². The van der Waals surface area contributed by atoms with Gasteiger partial charge in [-0.15, -0.1) is 0 Å². The lowest BCUT2D eigenvalue weighted by molar-refractivity contribution is 0.483. The summed E-state index contributed by atoms with van der Waals surface area (Å²) in [5.41, 5.74) is 0.659. The Morgan fingerprint density at radius 2 is 1.84 bits per heavy atom. The fourth-order valence-electron chi connectivity index (χ4n) is 1.85. The van der Waals surface area contributed by atoms with Crippen LogP contribution < -0.4 is 10.3 Å². The minimum Gasteiger partial charge on any atom is -0.456 e. The molecular weight excluding hydrogens is 262 g/mol. The number of aromatic nitrogens is 1. The highest BCUT2D eigenvalue weighted by atomic mass is 35.5. The van der Waals surface area contributed by atoms with E-state index in [1.54, 1.807) is 24.3 Å². The molecule has 0 aliphatic rings. The third kappa shape index (κ3) is 2.46. The van der Waals surface area contributed by atoms with Crippen molar-refractivity contribution < 1.29 is 4.74 Å². The Labute approximate surface area is 114 Å². The molecule has 0 unspecified atom stereocenters. The fraction of sp³-hybridized carbons (Fsp3) is 0. The van der Waals surface area contributed by atoms with Crippen LogP contribution in [0.1, 0.15) is 0 Å². The third-order valence-corrected chi connectivity index (χ3v) is 3.07. The molecule has 0 saturated carbocycles. The molecule has 0 aliphatic carbocycles. The largest absolute Gasteiger partial charge is 0.456 e. The molecule has 1 heterocycles. The van der Waals surface area contributed by atoms with E-state index in [9.17, 15) is 4.79 Å². The van der Waals surface area contributed by atoms with Gasteiger partial charge in [-0.1, -0.05) is 23.7 Å². The lowest BCUT2D eigenvalue weighted by Gasteiger charge is -2.08. The number of pyridine rings is 1. The summed E-state index contributed by atoms with van der Waals surface area (Å²) in [5, 5.41) is 1.47. The summed E-state index contributed by atoms with van der Waals surface area (Å²) in [6.45, 7) is 0. The Hall–Kier alpha value is -2.26. The first-order valence-electron chi connectivity index (χ1n) is 5.78. The summed E-state index contributed by atoms with van der Waals surface area (Å²) in [6, 6.07) is 16.0. The van der Waals surface area contributed by atoms with Crippen LogP contribution in [0.15, 0.2) is 59.4 Å². The van der Waals surface area contributed by atoms with Crippen molar-refractivity contribution in [3.8, 4) is 11.5 Å². The predicted octanol–water partition coefficient (Wildman–Crippen LogP) is 3.97. The lowest BCUT2D eigenvalue weighted by Crippen LogP contribution is -2.02. The molecule has 3 rings (SSSR count). The number of H-pyrrole nitrogens is 1. The fourth-order valence-corrected chi connectivity index (χ4v) is 2.02. The second kappa shape index (κ2) is 4.78. The number of hydrogen-bond acceptors (Lipinski definition) is 2. The molecule has 1 aromatic heterocycles. The standard InChI is InChI=1S/C15H10ClNO2/c16-12-3-1-2-4-14(12)19-11-6-7-13-10(9-11)5-8-15(18)17-13/h1-9H,(H,17,18). The van der Waals surface area contributed by atoms with Crippen LogP contribution in [-0.2, 0) is 0 Å². The molecule has 94 valence electrons. The summed E-state index contributed by atoms with van der Waals surface area (Å²) in [6.07, 6.45) is 0. The number of benzene rings is 2. The van der Waals surface area contributed by atoms with Gasteiger partial charge in [0, 0.05) is 17.0 Å². The van der Waals surface area contributed by atoms with Crippen molar-refractivity contribution in [2.45, 2.75) is 0 Å². The van der Waals surface area contributed by atoms with Crippen LogP contribution in [0, 0.1) is 0 Å². The maximum absolute atomic E-state index is 11.2. The number of hydrogen-bond donors (Lipinski definition) is 1. The number of halogens is 1. The molecule has 1 N–H and O–H groups in total. The van der Waals surface area contributed by atoms with Crippen LogP contribution in [0.2, 0.25) is 5.02 Å². The molecule has 0 aliphatic heterocycles. The van der Waals surface area contributed by atoms with E-state index in [4.69, 9.17) is 16.3 Å². The van der Waals surface area contributed by atoms with Crippen molar-refractivity contribution in [1.29, 1.82) is 0 Å². The van der Waals surface area contributed by atoms with E-state index in [0.29, 0.717) is 16.5 Å². The smallest absolute Gasteiger partial charge is 0.248 e. The van der Waals surface area contributed by atoms with Crippen molar-refractivity contribution >= 4 is 22.5 Å². The van der Waals surface area contributed by atoms with Gasteiger partial charge in [-0.05, 0) is 36.4 Å². The Bertz CT molecular complexity index is 795. The normalized spacial score (nSPS) is 10.6. The quantitative estimate of drug-likeness (QED) is 0.766. The van der Waals surface area contributed by atoms with Gasteiger partial charge in [-0.3, -0.25) is 4.79 Å². The third-order valence-electron chi connectivity index (χ3n) is 2.76. The van der Waals surface area contributed by atoms with Crippen LogP contribution in [0.5, 0.6) is 11.5 Å². The monoisotopic (exact) mass is 271 g/mol. The molecule has 0 fully saturated rings. The molecule has 3 aromatic rings. The van der Waals surface area contributed by atoms with Gasteiger partial charge in [0.25, 0.3) is 0 Å². The van der Waals surface area contributed by atoms with Crippen LogP contribution in [0.3, 0.4) is 0 Å². The van der Waals surface area contributed by atoms with Gasteiger partial charge in [0.1, 0.15) is 11.5 Å². The molecule has 0 amide bonds. The molecule has 19 heavy (non-hydrogen) atoms. The summed E-state index contributed by atoms with van der Waals surface area (Å²) < 4.78 is 5.72. The Kier molecular flexibility index (Phi) is 2.97. The van der Waals surface area contributed by atoms with Crippen LogP contribution in [0.4, 0.5) is 0 Å². The first-order chi connectivity index (χ1) is 9.22. The molecule has 0 atom stereocenters. The zero-order valence-electron chi connectivity index (χ0n) is 9.89. The molecule has 3 nitrogen and oxygen atoms in total. The Morgan fingerprint density at radius 1 is 1.00 bits per heavy atom. The molecule has 4 heteroatoms. The van der Waals surface area contributed by atoms with Gasteiger partial charge < -0.3 is 9.72 Å². The Balaban J connectivity index is 2.00. The summed E-state index contributed by atoms with van der Waals surface area (Å²) in [5.74, 6) is 1.28. The predicted molar refractivity (Wildman–Crippen MR) is 76.1 cm³/mol. The second-order valence-corrected chi connectivity index (χ2v) is 4.51. The van der Waals surface area contributed by atoms with Gasteiger partial charge in [0.15, 0.2) is 0 Å². The van der Waals surface area contributed by atoms with Crippen molar-refractivity contribution in [2.75, 3.05) is 0 Å². The summed E-state index contributed by atoms with van der Waals surface area (Å²) in [7, 11) is 0. The molecule has 2 aromatic carbocycles. The van der Waals surface area contributed by atoms with E-state index in [1.807, 2.05) is 24.3 Å². The van der Waals surface area contributed by atoms with E-state index in [1.165, 1.54) is 6.07 Å². The molecule has 0 saturated heterocycles. The first kappa shape index (κ1) is 11.8. The molecule has 0 spiro atoms. The minimum atomic E-state index is -0.118.